The van der Waals surface area contributed by atoms with Gasteiger partial charge in [-0.15, -0.1) is 0 Å². The van der Waals surface area contributed by atoms with Gasteiger partial charge in [0.15, 0.2) is 0 Å². The second-order valence-corrected chi connectivity index (χ2v) is 4.35. The molecule has 0 aliphatic rings. The van der Waals surface area contributed by atoms with E-state index in [1.807, 2.05) is 26.8 Å². The van der Waals surface area contributed by atoms with Crippen LogP contribution in [0.25, 0.3) is 0 Å². The quantitative estimate of drug-likeness (QED) is 0.802. The van der Waals surface area contributed by atoms with E-state index in [1.54, 1.807) is 13.2 Å². The number of ether oxygens (including phenoxy) is 1. The second kappa shape index (κ2) is 4.11. The SMILES string of the molecule is COc1ccc(C)c(O)c1C(C)(C)CO. The molecule has 0 spiro atoms. The number of aryl methyl sites for hydroxylation is 1. The minimum atomic E-state index is -0.512. The summed E-state index contributed by atoms with van der Waals surface area (Å²) < 4.78 is 5.20. The van der Waals surface area contributed by atoms with Gasteiger partial charge in [-0.05, 0) is 18.6 Å². The predicted molar refractivity (Wildman–Crippen MR) is 59.5 cm³/mol. The molecule has 1 aromatic rings. The molecule has 0 radical (unpaired) electrons. The van der Waals surface area contributed by atoms with Crippen molar-refractivity contribution in [2.45, 2.75) is 26.2 Å². The van der Waals surface area contributed by atoms with Crippen molar-refractivity contribution in [3.05, 3.63) is 23.3 Å². The van der Waals surface area contributed by atoms with E-state index in [9.17, 15) is 10.2 Å². The van der Waals surface area contributed by atoms with E-state index in [0.717, 1.165) is 5.56 Å². The Balaban J connectivity index is 3.42. The molecule has 0 atom stereocenters. The van der Waals surface area contributed by atoms with Crippen molar-refractivity contribution in [3.63, 3.8) is 0 Å². The molecule has 0 heterocycles. The molecule has 3 heteroatoms. The summed E-state index contributed by atoms with van der Waals surface area (Å²) in [6, 6.07) is 3.60. The minimum absolute atomic E-state index is 0.0413. The maximum Gasteiger partial charge on any atom is 0.126 e. The Kier molecular flexibility index (Phi) is 3.25. The van der Waals surface area contributed by atoms with Crippen LogP contribution in [0.15, 0.2) is 12.1 Å². The number of phenolic OH excluding ortho intramolecular Hbond substituents is 1. The topological polar surface area (TPSA) is 49.7 Å². The van der Waals surface area contributed by atoms with Crippen LogP contribution in [-0.4, -0.2) is 23.9 Å². The van der Waals surface area contributed by atoms with Crippen molar-refractivity contribution in [2.75, 3.05) is 13.7 Å². The summed E-state index contributed by atoms with van der Waals surface area (Å²) in [5.41, 5.74) is 0.932. The van der Waals surface area contributed by atoms with Crippen molar-refractivity contribution >= 4 is 0 Å². The highest BCUT2D eigenvalue weighted by molar-refractivity contribution is 5.52. The molecule has 84 valence electrons. The normalized spacial score (nSPS) is 11.5. The smallest absolute Gasteiger partial charge is 0.126 e. The molecular formula is C12H18O3. The molecule has 3 nitrogen and oxygen atoms in total. The molecule has 0 aliphatic heterocycles. The Bertz CT molecular complexity index is 356. The standard InChI is InChI=1S/C12H18O3/c1-8-5-6-9(15-4)10(11(8)14)12(2,3)7-13/h5-6,13-14H,7H2,1-4H3. The third-order valence-corrected chi connectivity index (χ3v) is 2.63. The molecule has 15 heavy (non-hydrogen) atoms. The average Bonchev–Trinajstić information content (AvgIpc) is 2.21. The zero-order valence-corrected chi connectivity index (χ0v) is 9.66. The number of rotatable bonds is 3. The lowest BCUT2D eigenvalue weighted by molar-refractivity contribution is 0.211. The highest BCUT2D eigenvalue weighted by Gasteiger charge is 2.27. The molecule has 0 saturated heterocycles. The lowest BCUT2D eigenvalue weighted by atomic mass is 9.83. The Morgan fingerprint density at radius 1 is 1.33 bits per heavy atom. The summed E-state index contributed by atoms with van der Waals surface area (Å²) in [5.74, 6) is 0.811. The number of benzene rings is 1. The van der Waals surface area contributed by atoms with Crippen LogP contribution in [-0.2, 0) is 5.41 Å². The van der Waals surface area contributed by atoms with Crippen LogP contribution in [0.1, 0.15) is 25.0 Å². The zero-order valence-electron chi connectivity index (χ0n) is 9.66. The van der Waals surface area contributed by atoms with Crippen molar-refractivity contribution in [1.82, 2.24) is 0 Å². The van der Waals surface area contributed by atoms with Gasteiger partial charge in [0.1, 0.15) is 11.5 Å². The lowest BCUT2D eigenvalue weighted by Gasteiger charge is -2.26. The number of aromatic hydroxyl groups is 1. The van der Waals surface area contributed by atoms with E-state index in [1.165, 1.54) is 0 Å². The highest BCUT2D eigenvalue weighted by Crippen LogP contribution is 2.39. The summed E-state index contributed by atoms with van der Waals surface area (Å²) in [4.78, 5) is 0. The number of aliphatic hydroxyl groups excluding tert-OH is 1. The third kappa shape index (κ3) is 2.07. The first-order valence-corrected chi connectivity index (χ1v) is 4.92. The zero-order chi connectivity index (χ0) is 11.6. The van der Waals surface area contributed by atoms with Gasteiger partial charge in [-0.1, -0.05) is 19.9 Å². The first-order valence-electron chi connectivity index (χ1n) is 4.92. The van der Waals surface area contributed by atoms with Crippen molar-refractivity contribution < 1.29 is 14.9 Å². The monoisotopic (exact) mass is 210 g/mol. The van der Waals surface area contributed by atoms with Gasteiger partial charge in [-0.3, -0.25) is 0 Å². The number of aliphatic hydroxyl groups is 1. The van der Waals surface area contributed by atoms with Gasteiger partial charge >= 0.3 is 0 Å². The molecule has 0 aliphatic carbocycles. The van der Waals surface area contributed by atoms with Gasteiger partial charge in [0.25, 0.3) is 0 Å². The van der Waals surface area contributed by atoms with E-state index in [0.29, 0.717) is 11.3 Å². The molecule has 0 amide bonds. The molecule has 0 fully saturated rings. The molecular weight excluding hydrogens is 192 g/mol. The summed E-state index contributed by atoms with van der Waals surface area (Å²) in [6.45, 7) is 5.51. The molecule has 0 aromatic heterocycles. The van der Waals surface area contributed by atoms with E-state index in [2.05, 4.69) is 0 Å². The second-order valence-electron chi connectivity index (χ2n) is 4.35. The van der Waals surface area contributed by atoms with Crippen LogP contribution >= 0.6 is 0 Å². The van der Waals surface area contributed by atoms with Gasteiger partial charge < -0.3 is 14.9 Å². The van der Waals surface area contributed by atoms with E-state index in [4.69, 9.17) is 4.74 Å². The van der Waals surface area contributed by atoms with Crippen LogP contribution in [0.3, 0.4) is 0 Å². The first-order chi connectivity index (χ1) is 6.94. The van der Waals surface area contributed by atoms with Crippen LogP contribution in [0.2, 0.25) is 0 Å². The molecule has 0 saturated carbocycles. The summed E-state index contributed by atoms with van der Waals surface area (Å²) in [5, 5.41) is 19.3. The Hall–Kier alpha value is -1.22. The third-order valence-electron chi connectivity index (χ3n) is 2.63. The number of methoxy groups -OCH3 is 1. The fraction of sp³-hybridized carbons (Fsp3) is 0.500. The molecule has 2 N–H and O–H groups in total. The van der Waals surface area contributed by atoms with Gasteiger partial charge in [0.05, 0.1) is 13.7 Å². The summed E-state index contributed by atoms with van der Waals surface area (Å²) >= 11 is 0. The largest absolute Gasteiger partial charge is 0.507 e. The summed E-state index contributed by atoms with van der Waals surface area (Å²) in [6.07, 6.45) is 0. The fourth-order valence-electron chi connectivity index (χ4n) is 1.58. The van der Waals surface area contributed by atoms with Crippen molar-refractivity contribution in [1.29, 1.82) is 0 Å². The van der Waals surface area contributed by atoms with Gasteiger partial charge in [0.2, 0.25) is 0 Å². The van der Waals surface area contributed by atoms with E-state index in [-0.39, 0.29) is 12.4 Å². The van der Waals surface area contributed by atoms with Crippen molar-refractivity contribution in [2.24, 2.45) is 0 Å². The Morgan fingerprint density at radius 2 is 1.93 bits per heavy atom. The highest BCUT2D eigenvalue weighted by atomic mass is 16.5. The lowest BCUT2D eigenvalue weighted by Crippen LogP contribution is -2.23. The molecule has 1 rings (SSSR count). The summed E-state index contributed by atoms with van der Waals surface area (Å²) in [7, 11) is 1.56. The van der Waals surface area contributed by atoms with Gasteiger partial charge in [0, 0.05) is 11.0 Å². The predicted octanol–water partition coefficient (Wildman–Crippen LogP) is 1.98. The average molecular weight is 210 g/mol. The minimum Gasteiger partial charge on any atom is -0.507 e. The van der Waals surface area contributed by atoms with Crippen LogP contribution in [0.5, 0.6) is 11.5 Å². The van der Waals surface area contributed by atoms with Crippen LogP contribution in [0, 0.1) is 6.92 Å². The van der Waals surface area contributed by atoms with Crippen LogP contribution < -0.4 is 4.74 Å². The number of hydrogen-bond acceptors (Lipinski definition) is 3. The Morgan fingerprint density at radius 3 is 2.40 bits per heavy atom. The first kappa shape index (κ1) is 11.9. The Labute approximate surface area is 90.3 Å². The van der Waals surface area contributed by atoms with E-state index >= 15 is 0 Å². The van der Waals surface area contributed by atoms with Gasteiger partial charge in [-0.2, -0.15) is 0 Å². The van der Waals surface area contributed by atoms with Crippen LogP contribution in [0.4, 0.5) is 0 Å². The maximum absolute atomic E-state index is 9.99. The molecule has 1 aromatic carbocycles. The number of hydrogen-bond donors (Lipinski definition) is 2. The van der Waals surface area contributed by atoms with Crippen molar-refractivity contribution in [3.8, 4) is 11.5 Å². The van der Waals surface area contributed by atoms with Gasteiger partial charge in [-0.25, -0.2) is 0 Å². The fourth-order valence-corrected chi connectivity index (χ4v) is 1.58. The molecule has 0 bridgehead atoms. The van der Waals surface area contributed by atoms with E-state index < -0.39 is 5.41 Å². The maximum atomic E-state index is 9.99. The number of phenols is 1. The molecule has 0 unspecified atom stereocenters.